The van der Waals surface area contributed by atoms with E-state index in [1.54, 1.807) is 31.4 Å². The molecule has 0 aliphatic rings. The topological polar surface area (TPSA) is 55.4 Å². The predicted octanol–water partition coefficient (Wildman–Crippen LogP) is 2.03. The lowest BCUT2D eigenvalue weighted by atomic mass is 10.2. The summed E-state index contributed by atoms with van der Waals surface area (Å²) in [5.74, 6) is 6.33. The number of methoxy groups -OCH3 is 1. The van der Waals surface area contributed by atoms with Gasteiger partial charge in [-0.3, -0.25) is 0 Å². The summed E-state index contributed by atoms with van der Waals surface area (Å²) < 4.78 is 31.5. The number of sulfonamides is 1. The van der Waals surface area contributed by atoms with E-state index < -0.39 is 10.0 Å². The van der Waals surface area contributed by atoms with Gasteiger partial charge in [-0.25, -0.2) is 8.42 Å². The number of hydrogen-bond donors (Lipinski definition) is 1. The first-order chi connectivity index (χ1) is 10.1. The lowest BCUT2D eigenvalue weighted by Gasteiger charge is -2.03. The highest BCUT2D eigenvalue weighted by atomic mass is 32.2. The Morgan fingerprint density at radius 1 is 1.05 bits per heavy atom. The Bertz CT molecular complexity index is 759. The first kappa shape index (κ1) is 15.1. The standard InChI is InChI=1S/C16H15NO3S/c1-20-16-12-6-5-8-14(16)9-7-13-17-21(18,19)15-10-3-2-4-11-15/h2-6,8,10-12,17H,13H2,1H3. The molecule has 0 atom stereocenters. The molecule has 0 amide bonds. The monoisotopic (exact) mass is 301 g/mol. The molecule has 0 bridgehead atoms. The zero-order chi connectivity index (χ0) is 15.1. The minimum atomic E-state index is -3.51. The van der Waals surface area contributed by atoms with Gasteiger partial charge in [0.15, 0.2) is 0 Å². The lowest BCUT2D eigenvalue weighted by Crippen LogP contribution is -2.23. The van der Waals surface area contributed by atoms with Gasteiger partial charge in [-0.1, -0.05) is 42.2 Å². The second kappa shape index (κ2) is 6.93. The first-order valence-corrected chi connectivity index (χ1v) is 7.78. The van der Waals surface area contributed by atoms with Crippen molar-refractivity contribution >= 4 is 10.0 Å². The number of ether oxygens (including phenoxy) is 1. The van der Waals surface area contributed by atoms with E-state index in [2.05, 4.69) is 16.6 Å². The van der Waals surface area contributed by atoms with E-state index in [-0.39, 0.29) is 11.4 Å². The second-order valence-electron chi connectivity index (χ2n) is 4.14. The van der Waals surface area contributed by atoms with Crippen LogP contribution in [0, 0.1) is 11.8 Å². The van der Waals surface area contributed by atoms with Gasteiger partial charge in [-0.05, 0) is 24.3 Å². The maximum atomic E-state index is 12.0. The third kappa shape index (κ3) is 4.09. The molecule has 2 rings (SSSR count). The molecule has 108 valence electrons. The van der Waals surface area contributed by atoms with Crippen LogP contribution in [-0.2, 0) is 10.0 Å². The van der Waals surface area contributed by atoms with E-state index in [0.717, 1.165) is 5.56 Å². The van der Waals surface area contributed by atoms with Crippen LogP contribution in [0.15, 0.2) is 59.5 Å². The van der Waals surface area contributed by atoms with Crippen LogP contribution in [0.4, 0.5) is 0 Å². The van der Waals surface area contributed by atoms with Crippen molar-refractivity contribution in [2.24, 2.45) is 0 Å². The highest BCUT2D eigenvalue weighted by Crippen LogP contribution is 2.15. The zero-order valence-corrected chi connectivity index (χ0v) is 12.4. The van der Waals surface area contributed by atoms with E-state index >= 15 is 0 Å². The van der Waals surface area contributed by atoms with Crippen LogP contribution >= 0.6 is 0 Å². The van der Waals surface area contributed by atoms with E-state index in [9.17, 15) is 8.42 Å². The van der Waals surface area contributed by atoms with Gasteiger partial charge in [-0.2, -0.15) is 4.72 Å². The molecule has 0 aromatic heterocycles. The van der Waals surface area contributed by atoms with Gasteiger partial charge in [0.1, 0.15) is 5.75 Å². The summed E-state index contributed by atoms with van der Waals surface area (Å²) in [4.78, 5) is 0.226. The fourth-order valence-electron chi connectivity index (χ4n) is 1.70. The average molecular weight is 301 g/mol. The van der Waals surface area contributed by atoms with Crippen LogP contribution in [0.25, 0.3) is 0 Å². The molecular weight excluding hydrogens is 286 g/mol. The molecule has 0 saturated heterocycles. The molecule has 0 fully saturated rings. The van der Waals surface area contributed by atoms with E-state index in [1.807, 2.05) is 18.2 Å². The number of rotatable bonds is 4. The summed E-state index contributed by atoms with van der Waals surface area (Å²) in [5.41, 5.74) is 0.721. The van der Waals surface area contributed by atoms with Crippen LogP contribution < -0.4 is 9.46 Å². The number of para-hydroxylation sites is 1. The van der Waals surface area contributed by atoms with Crippen LogP contribution in [-0.4, -0.2) is 22.1 Å². The summed E-state index contributed by atoms with van der Waals surface area (Å²) in [6, 6.07) is 15.5. The molecule has 0 aliphatic carbocycles. The van der Waals surface area contributed by atoms with Crippen molar-refractivity contribution in [3.63, 3.8) is 0 Å². The summed E-state index contributed by atoms with van der Waals surface area (Å²) in [5, 5.41) is 0. The summed E-state index contributed by atoms with van der Waals surface area (Å²) in [7, 11) is -1.95. The van der Waals surface area contributed by atoms with Crippen molar-refractivity contribution in [1.29, 1.82) is 0 Å². The van der Waals surface area contributed by atoms with Crippen molar-refractivity contribution < 1.29 is 13.2 Å². The van der Waals surface area contributed by atoms with Gasteiger partial charge in [0.25, 0.3) is 0 Å². The molecule has 5 heteroatoms. The van der Waals surface area contributed by atoms with Gasteiger partial charge >= 0.3 is 0 Å². The van der Waals surface area contributed by atoms with Gasteiger partial charge in [0, 0.05) is 0 Å². The number of benzene rings is 2. The highest BCUT2D eigenvalue weighted by Gasteiger charge is 2.11. The molecule has 0 spiro atoms. The molecule has 0 saturated carbocycles. The zero-order valence-electron chi connectivity index (χ0n) is 11.5. The maximum Gasteiger partial charge on any atom is 0.241 e. The SMILES string of the molecule is COc1ccccc1C#CCNS(=O)(=O)c1ccccc1. The normalized spacial score (nSPS) is 10.5. The molecule has 0 radical (unpaired) electrons. The van der Waals surface area contributed by atoms with Crippen LogP contribution in [0.2, 0.25) is 0 Å². The summed E-state index contributed by atoms with van der Waals surface area (Å²) in [6.07, 6.45) is 0. The van der Waals surface area contributed by atoms with Gasteiger partial charge in [0.2, 0.25) is 10.0 Å². The molecule has 1 N–H and O–H groups in total. The molecule has 0 aliphatic heterocycles. The Kier molecular flexibility index (Phi) is 4.99. The first-order valence-electron chi connectivity index (χ1n) is 6.30. The molecule has 4 nitrogen and oxygen atoms in total. The minimum Gasteiger partial charge on any atom is -0.495 e. The van der Waals surface area contributed by atoms with Gasteiger partial charge in [0.05, 0.1) is 24.1 Å². The number of nitrogens with one attached hydrogen (secondary N) is 1. The molecule has 21 heavy (non-hydrogen) atoms. The van der Waals surface area contributed by atoms with E-state index in [1.165, 1.54) is 12.1 Å². The smallest absolute Gasteiger partial charge is 0.241 e. The molecule has 2 aromatic rings. The Hall–Kier alpha value is -2.29. The maximum absolute atomic E-state index is 12.0. The van der Waals surface area contributed by atoms with Crippen molar-refractivity contribution in [3.8, 4) is 17.6 Å². The Morgan fingerprint density at radius 2 is 1.71 bits per heavy atom. The Labute approximate surface area is 124 Å². The Morgan fingerprint density at radius 3 is 2.43 bits per heavy atom. The van der Waals surface area contributed by atoms with Crippen LogP contribution in [0.5, 0.6) is 5.75 Å². The second-order valence-corrected chi connectivity index (χ2v) is 5.91. The third-order valence-corrected chi connectivity index (χ3v) is 4.15. The van der Waals surface area contributed by atoms with Crippen molar-refractivity contribution in [2.75, 3.05) is 13.7 Å². The van der Waals surface area contributed by atoms with Crippen molar-refractivity contribution in [2.45, 2.75) is 4.90 Å². The average Bonchev–Trinajstić information content (AvgIpc) is 2.53. The van der Waals surface area contributed by atoms with E-state index in [4.69, 9.17) is 4.74 Å². The molecular formula is C16H15NO3S. The predicted molar refractivity (Wildman–Crippen MR) is 81.5 cm³/mol. The van der Waals surface area contributed by atoms with Crippen molar-refractivity contribution in [3.05, 3.63) is 60.2 Å². The quantitative estimate of drug-likeness (QED) is 0.879. The number of hydrogen-bond acceptors (Lipinski definition) is 3. The van der Waals surface area contributed by atoms with E-state index in [0.29, 0.717) is 5.75 Å². The molecule has 0 unspecified atom stereocenters. The fraction of sp³-hybridized carbons (Fsp3) is 0.125. The third-order valence-electron chi connectivity index (χ3n) is 2.73. The fourth-order valence-corrected chi connectivity index (χ4v) is 2.65. The summed E-state index contributed by atoms with van der Waals surface area (Å²) >= 11 is 0. The van der Waals surface area contributed by atoms with Gasteiger partial charge in [-0.15, -0.1) is 0 Å². The van der Waals surface area contributed by atoms with Crippen LogP contribution in [0.3, 0.4) is 0 Å². The minimum absolute atomic E-state index is 0.0370. The molecule has 2 aromatic carbocycles. The molecule has 0 heterocycles. The Balaban J connectivity index is 2.04. The summed E-state index contributed by atoms with van der Waals surface area (Å²) in [6.45, 7) is 0.0370. The largest absolute Gasteiger partial charge is 0.495 e. The van der Waals surface area contributed by atoms with Crippen molar-refractivity contribution in [1.82, 2.24) is 4.72 Å². The highest BCUT2D eigenvalue weighted by molar-refractivity contribution is 7.89. The van der Waals surface area contributed by atoms with Crippen LogP contribution in [0.1, 0.15) is 5.56 Å². The van der Waals surface area contributed by atoms with Gasteiger partial charge < -0.3 is 4.74 Å². The lowest BCUT2D eigenvalue weighted by molar-refractivity contribution is 0.413.